The van der Waals surface area contributed by atoms with Crippen LogP contribution in [0.4, 0.5) is 16.0 Å². The van der Waals surface area contributed by atoms with Gasteiger partial charge in [0.15, 0.2) is 0 Å². The zero-order valence-corrected chi connectivity index (χ0v) is 19.6. The van der Waals surface area contributed by atoms with E-state index in [1.165, 1.54) is 16.7 Å². The fourth-order valence-corrected chi connectivity index (χ4v) is 4.73. The van der Waals surface area contributed by atoms with Gasteiger partial charge in [0.05, 0.1) is 5.56 Å². The van der Waals surface area contributed by atoms with Crippen LogP contribution in [0.5, 0.6) is 0 Å². The highest BCUT2D eigenvalue weighted by molar-refractivity contribution is 5.93. The smallest absolute Gasteiger partial charge is 0.142 e. The van der Waals surface area contributed by atoms with Crippen LogP contribution in [0.2, 0.25) is 0 Å². The molecule has 1 fully saturated rings. The summed E-state index contributed by atoms with van der Waals surface area (Å²) < 4.78 is 14.1. The molecule has 3 aromatic rings. The van der Waals surface area contributed by atoms with Crippen molar-refractivity contribution in [3.05, 3.63) is 82.4 Å². The summed E-state index contributed by atoms with van der Waals surface area (Å²) in [5, 5.41) is 0. The van der Waals surface area contributed by atoms with E-state index in [0.29, 0.717) is 13.1 Å². The number of rotatable bonds is 4. The number of piperazine rings is 1. The Hall–Kier alpha value is -3.25. The number of fused-ring (bicyclic) bond motifs is 1. The van der Waals surface area contributed by atoms with Gasteiger partial charge < -0.3 is 14.7 Å². The zero-order chi connectivity index (χ0) is 22.9. The SMILES string of the molecule is Cc1ccc(C2=Cc3c(N4CCN(C)CC4)ncnc3N(Cc3cc(C)cc(F)c3)C2)cc1. The third kappa shape index (κ3) is 4.62. The Morgan fingerprint density at radius 1 is 0.879 bits per heavy atom. The number of aromatic nitrogens is 2. The number of nitrogens with zero attached hydrogens (tertiary/aromatic N) is 5. The van der Waals surface area contributed by atoms with Crippen LogP contribution in [0.3, 0.4) is 0 Å². The number of likely N-dealkylation sites (N-methyl/N-ethyl adjacent to an activating group) is 1. The van der Waals surface area contributed by atoms with Gasteiger partial charge in [-0.1, -0.05) is 35.9 Å². The van der Waals surface area contributed by atoms with Crippen LogP contribution in [0, 0.1) is 19.7 Å². The fraction of sp³-hybridized carbons (Fsp3) is 0.333. The van der Waals surface area contributed by atoms with Crippen molar-refractivity contribution in [2.75, 3.05) is 49.6 Å². The lowest BCUT2D eigenvalue weighted by molar-refractivity contribution is 0.312. The molecule has 0 radical (unpaired) electrons. The van der Waals surface area contributed by atoms with E-state index in [9.17, 15) is 4.39 Å². The number of anilines is 2. The minimum absolute atomic E-state index is 0.197. The monoisotopic (exact) mass is 443 g/mol. The second-order valence-corrected chi connectivity index (χ2v) is 9.25. The van der Waals surface area contributed by atoms with Gasteiger partial charge in [-0.05, 0) is 61.4 Å². The molecule has 0 atom stereocenters. The summed E-state index contributed by atoms with van der Waals surface area (Å²) in [7, 11) is 2.16. The Balaban J connectivity index is 1.57. The van der Waals surface area contributed by atoms with Gasteiger partial charge in [-0.15, -0.1) is 0 Å². The first-order valence-corrected chi connectivity index (χ1v) is 11.5. The van der Waals surface area contributed by atoms with Crippen LogP contribution < -0.4 is 9.80 Å². The summed E-state index contributed by atoms with van der Waals surface area (Å²) in [5.41, 5.74) is 6.59. The van der Waals surface area contributed by atoms with Crippen molar-refractivity contribution >= 4 is 23.3 Å². The molecule has 0 N–H and O–H groups in total. The second-order valence-electron chi connectivity index (χ2n) is 9.25. The van der Waals surface area contributed by atoms with Crippen molar-refractivity contribution < 1.29 is 4.39 Å². The average Bonchev–Trinajstić information content (AvgIpc) is 2.79. The van der Waals surface area contributed by atoms with E-state index in [2.05, 4.69) is 65.1 Å². The van der Waals surface area contributed by atoms with Crippen LogP contribution in [-0.4, -0.2) is 54.6 Å². The second kappa shape index (κ2) is 8.94. The molecule has 2 aromatic carbocycles. The summed E-state index contributed by atoms with van der Waals surface area (Å²) in [6, 6.07) is 13.9. The molecule has 1 saturated heterocycles. The summed E-state index contributed by atoms with van der Waals surface area (Å²) in [6.07, 6.45) is 3.92. The first-order valence-electron chi connectivity index (χ1n) is 11.5. The average molecular weight is 444 g/mol. The number of hydrogen-bond donors (Lipinski definition) is 0. The first-order chi connectivity index (χ1) is 16.0. The van der Waals surface area contributed by atoms with Crippen LogP contribution in [-0.2, 0) is 6.54 Å². The maximum atomic E-state index is 14.1. The molecular weight excluding hydrogens is 413 g/mol. The molecule has 5 nitrogen and oxygen atoms in total. The highest BCUT2D eigenvalue weighted by Gasteiger charge is 2.27. The van der Waals surface area contributed by atoms with Gasteiger partial charge in [0.25, 0.3) is 0 Å². The quantitative estimate of drug-likeness (QED) is 0.591. The molecule has 5 rings (SSSR count). The van der Waals surface area contributed by atoms with E-state index >= 15 is 0 Å². The predicted molar refractivity (Wildman–Crippen MR) is 133 cm³/mol. The van der Waals surface area contributed by atoms with E-state index in [0.717, 1.165) is 54.5 Å². The number of halogens is 1. The fourth-order valence-electron chi connectivity index (χ4n) is 4.73. The van der Waals surface area contributed by atoms with E-state index < -0.39 is 0 Å². The van der Waals surface area contributed by atoms with Crippen LogP contribution in [0.25, 0.3) is 11.6 Å². The Morgan fingerprint density at radius 3 is 2.33 bits per heavy atom. The molecule has 6 heteroatoms. The Kier molecular flexibility index (Phi) is 5.85. The third-order valence-corrected chi connectivity index (χ3v) is 6.52. The molecule has 33 heavy (non-hydrogen) atoms. The Labute approximate surface area is 195 Å². The number of benzene rings is 2. The molecule has 0 amide bonds. The Bertz CT molecular complexity index is 1160. The predicted octanol–water partition coefficient (Wildman–Crippen LogP) is 4.55. The molecule has 3 heterocycles. The zero-order valence-electron chi connectivity index (χ0n) is 19.6. The van der Waals surface area contributed by atoms with Gasteiger partial charge in [0.1, 0.15) is 23.8 Å². The van der Waals surface area contributed by atoms with Gasteiger partial charge in [0.2, 0.25) is 0 Å². The minimum Gasteiger partial charge on any atom is -0.353 e. The molecule has 1 aromatic heterocycles. The molecule has 0 aliphatic carbocycles. The summed E-state index contributed by atoms with van der Waals surface area (Å²) in [4.78, 5) is 16.4. The maximum absolute atomic E-state index is 14.1. The molecule has 2 aliphatic rings. The van der Waals surface area contributed by atoms with Crippen LogP contribution >= 0.6 is 0 Å². The third-order valence-electron chi connectivity index (χ3n) is 6.52. The lowest BCUT2D eigenvalue weighted by Crippen LogP contribution is -2.45. The van der Waals surface area contributed by atoms with Gasteiger partial charge >= 0.3 is 0 Å². The van der Waals surface area contributed by atoms with E-state index in [1.807, 2.05) is 6.92 Å². The largest absolute Gasteiger partial charge is 0.353 e. The molecule has 0 spiro atoms. The van der Waals surface area contributed by atoms with E-state index in [-0.39, 0.29) is 5.82 Å². The van der Waals surface area contributed by atoms with Crippen molar-refractivity contribution in [3.8, 4) is 0 Å². The molecule has 2 aliphatic heterocycles. The minimum atomic E-state index is -0.197. The molecule has 0 unspecified atom stereocenters. The van der Waals surface area contributed by atoms with Gasteiger partial charge in [-0.25, -0.2) is 14.4 Å². The van der Waals surface area contributed by atoms with E-state index in [4.69, 9.17) is 9.97 Å². The van der Waals surface area contributed by atoms with Crippen LogP contribution in [0.15, 0.2) is 48.8 Å². The highest BCUT2D eigenvalue weighted by Crippen LogP contribution is 2.37. The van der Waals surface area contributed by atoms with Gasteiger partial charge in [0, 0.05) is 39.3 Å². The van der Waals surface area contributed by atoms with Crippen molar-refractivity contribution in [2.45, 2.75) is 20.4 Å². The van der Waals surface area contributed by atoms with Crippen molar-refractivity contribution in [1.29, 1.82) is 0 Å². The molecular formula is C27H30FN5. The summed E-state index contributed by atoms with van der Waals surface area (Å²) >= 11 is 0. The number of hydrogen-bond acceptors (Lipinski definition) is 5. The lowest BCUT2D eigenvalue weighted by atomic mass is 9.97. The van der Waals surface area contributed by atoms with Crippen molar-refractivity contribution in [1.82, 2.24) is 14.9 Å². The number of aryl methyl sites for hydroxylation is 2. The maximum Gasteiger partial charge on any atom is 0.142 e. The summed E-state index contributed by atoms with van der Waals surface area (Å²) in [5.74, 6) is 1.70. The summed E-state index contributed by atoms with van der Waals surface area (Å²) in [6.45, 7) is 9.25. The topological polar surface area (TPSA) is 35.5 Å². The Morgan fingerprint density at radius 2 is 1.61 bits per heavy atom. The van der Waals surface area contributed by atoms with Crippen molar-refractivity contribution in [2.24, 2.45) is 0 Å². The van der Waals surface area contributed by atoms with Gasteiger partial charge in [-0.2, -0.15) is 0 Å². The van der Waals surface area contributed by atoms with Crippen LogP contribution in [0.1, 0.15) is 27.8 Å². The van der Waals surface area contributed by atoms with E-state index in [1.54, 1.807) is 18.5 Å². The lowest BCUT2D eigenvalue weighted by Gasteiger charge is -2.36. The molecule has 0 bridgehead atoms. The molecule has 170 valence electrons. The highest BCUT2D eigenvalue weighted by atomic mass is 19.1. The normalized spacial score (nSPS) is 16.5. The standard InChI is InChI=1S/C27H30FN5/c1-19-4-6-22(7-5-19)23-15-25-26(32-10-8-31(3)9-11-32)29-18-30-27(25)33(17-23)16-21-12-20(2)13-24(28)14-21/h4-7,12-15,18H,8-11,16-17H2,1-3H3. The first kappa shape index (κ1) is 21.6. The van der Waals surface area contributed by atoms with Gasteiger partial charge in [-0.3, -0.25) is 0 Å². The van der Waals surface area contributed by atoms with Crippen molar-refractivity contribution in [3.63, 3.8) is 0 Å². The molecule has 0 saturated carbocycles.